The van der Waals surface area contributed by atoms with Gasteiger partial charge in [-0.15, -0.1) is 0 Å². The van der Waals surface area contributed by atoms with E-state index in [0.717, 1.165) is 55.7 Å². The van der Waals surface area contributed by atoms with E-state index in [1.54, 1.807) is 0 Å². The molecule has 0 spiro atoms. The molecule has 0 fully saturated rings. The maximum absolute atomic E-state index is 5.65. The van der Waals surface area contributed by atoms with Crippen LogP contribution >= 0.6 is 15.9 Å². The number of hydrogen-bond donors (Lipinski definition) is 0. The van der Waals surface area contributed by atoms with Gasteiger partial charge in [0, 0.05) is 11.4 Å². The SMILES string of the molecule is CCCCOc1cccc(OCCCCBr)c1. The highest BCUT2D eigenvalue weighted by atomic mass is 79.9. The molecule has 0 radical (unpaired) electrons. The Balaban J connectivity index is 2.31. The fourth-order valence-corrected chi connectivity index (χ4v) is 1.77. The first-order valence-electron chi connectivity index (χ1n) is 6.28. The van der Waals surface area contributed by atoms with Gasteiger partial charge in [-0.05, 0) is 31.4 Å². The summed E-state index contributed by atoms with van der Waals surface area (Å²) in [5, 5.41) is 1.04. The number of benzene rings is 1. The number of rotatable bonds is 9. The van der Waals surface area contributed by atoms with Crippen LogP contribution in [-0.2, 0) is 0 Å². The zero-order valence-corrected chi connectivity index (χ0v) is 12.0. The Kier molecular flexibility index (Phi) is 7.89. The van der Waals surface area contributed by atoms with Gasteiger partial charge in [-0.3, -0.25) is 0 Å². The molecule has 0 unspecified atom stereocenters. The van der Waals surface area contributed by atoms with E-state index in [1.807, 2.05) is 24.3 Å². The maximum atomic E-state index is 5.65. The fraction of sp³-hybridized carbons (Fsp3) is 0.571. The Hall–Kier alpha value is -0.700. The van der Waals surface area contributed by atoms with E-state index in [4.69, 9.17) is 9.47 Å². The van der Waals surface area contributed by atoms with Crippen LogP contribution in [0.3, 0.4) is 0 Å². The van der Waals surface area contributed by atoms with Crippen molar-refractivity contribution in [2.24, 2.45) is 0 Å². The summed E-state index contributed by atoms with van der Waals surface area (Å²) in [4.78, 5) is 0. The summed E-state index contributed by atoms with van der Waals surface area (Å²) in [6.07, 6.45) is 4.47. The zero-order valence-electron chi connectivity index (χ0n) is 10.5. The van der Waals surface area contributed by atoms with Crippen LogP contribution in [0.1, 0.15) is 32.6 Å². The molecule has 0 aliphatic heterocycles. The van der Waals surface area contributed by atoms with Crippen LogP contribution in [0.25, 0.3) is 0 Å². The van der Waals surface area contributed by atoms with Crippen LogP contribution in [0.4, 0.5) is 0 Å². The van der Waals surface area contributed by atoms with Crippen molar-refractivity contribution in [1.29, 1.82) is 0 Å². The average molecular weight is 301 g/mol. The summed E-state index contributed by atoms with van der Waals surface area (Å²) in [7, 11) is 0. The lowest BCUT2D eigenvalue weighted by Gasteiger charge is -2.09. The molecule has 0 N–H and O–H groups in total. The Labute approximate surface area is 112 Å². The van der Waals surface area contributed by atoms with Crippen LogP contribution in [-0.4, -0.2) is 18.5 Å². The largest absolute Gasteiger partial charge is 0.493 e. The normalized spacial score (nSPS) is 10.2. The predicted molar refractivity (Wildman–Crippen MR) is 75.4 cm³/mol. The van der Waals surface area contributed by atoms with E-state index in [2.05, 4.69) is 22.9 Å². The van der Waals surface area contributed by atoms with E-state index in [0.29, 0.717) is 0 Å². The first-order chi connectivity index (χ1) is 8.36. The van der Waals surface area contributed by atoms with Gasteiger partial charge in [-0.2, -0.15) is 0 Å². The Morgan fingerprint density at radius 2 is 1.65 bits per heavy atom. The molecular formula is C14H21BrO2. The molecule has 0 amide bonds. The lowest BCUT2D eigenvalue weighted by molar-refractivity contribution is 0.294. The van der Waals surface area contributed by atoms with Crippen LogP contribution < -0.4 is 9.47 Å². The number of unbranched alkanes of at least 4 members (excludes halogenated alkanes) is 2. The van der Waals surface area contributed by atoms with Gasteiger partial charge < -0.3 is 9.47 Å². The number of hydrogen-bond acceptors (Lipinski definition) is 2. The molecule has 0 saturated carbocycles. The summed E-state index contributed by atoms with van der Waals surface area (Å²) in [6.45, 7) is 3.71. The smallest absolute Gasteiger partial charge is 0.122 e. The van der Waals surface area contributed by atoms with Gasteiger partial charge in [0.25, 0.3) is 0 Å². The minimum Gasteiger partial charge on any atom is -0.493 e. The molecule has 1 aromatic carbocycles. The number of ether oxygens (including phenoxy) is 2. The van der Waals surface area contributed by atoms with Gasteiger partial charge in [-0.1, -0.05) is 35.3 Å². The third kappa shape index (κ3) is 6.57. The van der Waals surface area contributed by atoms with Crippen molar-refractivity contribution in [3.8, 4) is 11.5 Å². The third-order valence-electron chi connectivity index (χ3n) is 2.37. The average Bonchev–Trinajstić information content (AvgIpc) is 2.36. The molecule has 0 bridgehead atoms. The molecule has 0 heterocycles. The second-order valence-electron chi connectivity index (χ2n) is 3.92. The maximum Gasteiger partial charge on any atom is 0.122 e. The first kappa shape index (κ1) is 14.4. The standard InChI is InChI=1S/C14H21BrO2/c1-2-3-10-16-13-7-6-8-14(12-13)17-11-5-4-9-15/h6-8,12H,2-5,9-11H2,1H3. The minimum atomic E-state index is 0.768. The summed E-state index contributed by atoms with van der Waals surface area (Å²) in [6, 6.07) is 7.88. The highest BCUT2D eigenvalue weighted by molar-refractivity contribution is 9.09. The van der Waals surface area contributed by atoms with Crippen molar-refractivity contribution in [3.05, 3.63) is 24.3 Å². The monoisotopic (exact) mass is 300 g/mol. The van der Waals surface area contributed by atoms with Gasteiger partial charge in [0.1, 0.15) is 11.5 Å². The van der Waals surface area contributed by atoms with Crippen LogP contribution in [0, 0.1) is 0 Å². The van der Waals surface area contributed by atoms with Gasteiger partial charge in [0.2, 0.25) is 0 Å². The molecule has 0 saturated heterocycles. The third-order valence-corrected chi connectivity index (χ3v) is 2.93. The van der Waals surface area contributed by atoms with Crippen molar-refractivity contribution >= 4 is 15.9 Å². The van der Waals surface area contributed by atoms with E-state index in [1.165, 1.54) is 0 Å². The molecule has 0 aromatic heterocycles. The Bertz CT molecular complexity index is 302. The second-order valence-corrected chi connectivity index (χ2v) is 4.71. The van der Waals surface area contributed by atoms with Crippen molar-refractivity contribution < 1.29 is 9.47 Å². The van der Waals surface area contributed by atoms with Crippen molar-refractivity contribution in [3.63, 3.8) is 0 Å². The summed E-state index contributed by atoms with van der Waals surface area (Å²) >= 11 is 3.41. The van der Waals surface area contributed by atoms with Gasteiger partial charge in [0.05, 0.1) is 13.2 Å². The second kappa shape index (κ2) is 9.34. The lowest BCUT2D eigenvalue weighted by Crippen LogP contribution is -1.99. The van der Waals surface area contributed by atoms with E-state index in [-0.39, 0.29) is 0 Å². The topological polar surface area (TPSA) is 18.5 Å². The summed E-state index contributed by atoms with van der Waals surface area (Å²) in [5.74, 6) is 1.80. The molecular weight excluding hydrogens is 280 g/mol. The first-order valence-corrected chi connectivity index (χ1v) is 7.40. The molecule has 1 aromatic rings. The molecule has 1 rings (SSSR count). The molecule has 0 atom stereocenters. The van der Waals surface area contributed by atoms with Crippen LogP contribution in [0.5, 0.6) is 11.5 Å². The molecule has 17 heavy (non-hydrogen) atoms. The van der Waals surface area contributed by atoms with Crippen molar-refractivity contribution in [2.45, 2.75) is 32.6 Å². The molecule has 3 heteroatoms. The van der Waals surface area contributed by atoms with E-state index in [9.17, 15) is 0 Å². The highest BCUT2D eigenvalue weighted by Gasteiger charge is 1.97. The zero-order chi connectivity index (χ0) is 12.3. The molecule has 96 valence electrons. The highest BCUT2D eigenvalue weighted by Crippen LogP contribution is 2.19. The quantitative estimate of drug-likeness (QED) is 0.496. The lowest BCUT2D eigenvalue weighted by atomic mass is 10.3. The van der Waals surface area contributed by atoms with Crippen molar-refractivity contribution in [2.75, 3.05) is 18.5 Å². The van der Waals surface area contributed by atoms with Gasteiger partial charge >= 0.3 is 0 Å². The number of alkyl halides is 1. The fourth-order valence-electron chi connectivity index (χ4n) is 1.37. The van der Waals surface area contributed by atoms with E-state index >= 15 is 0 Å². The summed E-state index contributed by atoms with van der Waals surface area (Å²) in [5.41, 5.74) is 0. The van der Waals surface area contributed by atoms with Gasteiger partial charge in [-0.25, -0.2) is 0 Å². The Morgan fingerprint density at radius 1 is 1.00 bits per heavy atom. The minimum absolute atomic E-state index is 0.768. The predicted octanol–water partition coefficient (Wildman–Crippen LogP) is 4.42. The number of halogens is 1. The van der Waals surface area contributed by atoms with Gasteiger partial charge in [0.15, 0.2) is 0 Å². The van der Waals surface area contributed by atoms with Crippen LogP contribution in [0.15, 0.2) is 24.3 Å². The molecule has 0 aliphatic rings. The molecule has 0 aliphatic carbocycles. The molecule has 2 nitrogen and oxygen atoms in total. The Morgan fingerprint density at radius 3 is 2.24 bits per heavy atom. The van der Waals surface area contributed by atoms with Crippen LogP contribution in [0.2, 0.25) is 0 Å². The summed E-state index contributed by atoms with van der Waals surface area (Å²) < 4.78 is 11.3. The van der Waals surface area contributed by atoms with Crippen molar-refractivity contribution in [1.82, 2.24) is 0 Å². The van der Waals surface area contributed by atoms with E-state index < -0.39 is 0 Å².